The number of carbonyl (C=O) groups is 1. The van der Waals surface area contributed by atoms with Crippen LogP contribution < -0.4 is 4.72 Å². The van der Waals surface area contributed by atoms with Crippen molar-refractivity contribution in [3.63, 3.8) is 0 Å². The number of amides is 1. The predicted octanol–water partition coefficient (Wildman–Crippen LogP) is 4.06. The molecule has 0 spiro atoms. The van der Waals surface area contributed by atoms with Gasteiger partial charge in [-0.1, -0.05) is 43.7 Å². The van der Waals surface area contributed by atoms with Gasteiger partial charge < -0.3 is 4.90 Å². The molecule has 2 aromatic rings. The third-order valence-electron chi connectivity index (χ3n) is 6.63. The quantitative estimate of drug-likeness (QED) is 0.729. The van der Waals surface area contributed by atoms with E-state index in [4.69, 9.17) is 0 Å². The summed E-state index contributed by atoms with van der Waals surface area (Å²) in [4.78, 5) is 15.3. The minimum Gasteiger partial charge on any atom is -0.341 e. The Hall–Kier alpha value is -2.32. The molecule has 32 heavy (non-hydrogen) atoms. The molecule has 2 aromatic carbocycles. The number of rotatable bonds is 5. The number of likely N-dealkylation sites (tertiary alicyclic amines) is 1. The molecule has 1 aliphatic heterocycles. The van der Waals surface area contributed by atoms with Crippen LogP contribution >= 0.6 is 0 Å². The monoisotopic (exact) mass is 462 g/mol. The van der Waals surface area contributed by atoms with Gasteiger partial charge in [-0.3, -0.25) is 4.79 Å². The molecular formula is C24H28F2N2O3S. The Kier molecular flexibility index (Phi) is 6.11. The van der Waals surface area contributed by atoms with Gasteiger partial charge in [0, 0.05) is 19.1 Å². The van der Waals surface area contributed by atoms with Gasteiger partial charge in [0.2, 0.25) is 15.9 Å². The molecule has 2 fully saturated rings. The molecule has 1 aliphatic carbocycles. The highest BCUT2D eigenvalue weighted by Gasteiger charge is 2.58. The third-order valence-corrected chi connectivity index (χ3v) is 7.39. The van der Waals surface area contributed by atoms with Gasteiger partial charge in [0.1, 0.15) is 11.6 Å². The zero-order chi connectivity index (χ0) is 23.1. The molecule has 3 atom stereocenters. The first kappa shape index (κ1) is 22.9. The van der Waals surface area contributed by atoms with Crippen molar-refractivity contribution in [1.29, 1.82) is 0 Å². The van der Waals surface area contributed by atoms with Crippen LogP contribution in [0, 0.1) is 17.0 Å². The van der Waals surface area contributed by atoms with Crippen LogP contribution in [0.4, 0.5) is 8.78 Å². The molecule has 0 radical (unpaired) electrons. The first-order chi connectivity index (χ1) is 15.1. The third kappa shape index (κ3) is 4.57. The van der Waals surface area contributed by atoms with Gasteiger partial charge in [0.05, 0.1) is 17.2 Å². The molecule has 1 saturated carbocycles. The van der Waals surface area contributed by atoms with Crippen LogP contribution in [0.3, 0.4) is 0 Å². The van der Waals surface area contributed by atoms with Crippen molar-refractivity contribution in [2.24, 2.45) is 5.41 Å². The smallest absolute Gasteiger partial charge is 0.229 e. The Labute approximate surface area is 187 Å². The molecule has 5 nitrogen and oxygen atoms in total. The summed E-state index contributed by atoms with van der Waals surface area (Å²) < 4.78 is 55.0. The highest BCUT2D eigenvalue weighted by molar-refractivity contribution is 7.88. The Morgan fingerprint density at radius 1 is 1.09 bits per heavy atom. The van der Waals surface area contributed by atoms with E-state index < -0.39 is 27.1 Å². The van der Waals surface area contributed by atoms with Crippen LogP contribution in [0.1, 0.15) is 44.1 Å². The number of hydrogen-bond donors (Lipinski definition) is 1. The van der Waals surface area contributed by atoms with Gasteiger partial charge in [-0.05, 0) is 48.4 Å². The first-order valence-corrected chi connectivity index (χ1v) is 12.8. The maximum atomic E-state index is 14.5. The Morgan fingerprint density at radius 3 is 2.47 bits per heavy atom. The van der Waals surface area contributed by atoms with Crippen LogP contribution in [-0.4, -0.2) is 44.6 Å². The zero-order valence-electron chi connectivity index (χ0n) is 18.3. The Morgan fingerprint density at radius 2 is 1.78 bits per heavy atom. The van der Waals surface area contributed by atoms with Gasteiger partial charge in [-0.25, -0.2) is 21.9 Å². The lowest BCUT2D eigenvalue weighted by Gasteiger charge is -2.28. The summed E-state index contributed by atoms with van der Waals surface area (Å²) in [6, 6.07) is 10.6. The molecule has 1 heterocycles. The number of nitrogens with zero attached hydrogens (tertiary/aromatic N) is 1. The second-order valence-corrected chi connectivity index (χ2v) is 11.0. The SMILES string of the molecule is CC1(C(=O)N2CCCCC(NS(C)(=O)=O)C2)CC1c1ccccc1-c1c(F)cccc1F. The van der Waals surface area contributed by atoms with Crippen molar-refractivity contribution < 1.29 is 22.0 Å². The van der Waals surface area contributed by atoms with E-state index in [-0.39, 0.29) is 23.4 Å². The van der Waals surface area contributed by atoms with Crippen LogP contribution in [-0.2, 0) is 14.8 Å². The summed E-state index contributed by atoms with van der Waals surface area (Å²) in [7, 11) is -3.37. The van der Waals surface area contributed by atoms with Crippen molar-refractivity contribution in [1.82, 2.24) is 9.62 Å². The molecule has 1 amide bonds. The molecule has 0 bridgehead atoms. The van der Waals surface area contributed by atoms with Gasteiger partial charge in [0.25, 0.3) is 0 Å². The molecular weight excluding hydrogens is 434 g/mol. The fourth-order valence-electron chi connectivity index (χ4n) is 4.92. The summed E-state index contributed by atoms with van der Waals surface area (Å²) in [5.41, 5.74) is 0.472. The molecule has 1 N–H and O–H groups in total. The van der Waals surface area contributed by atoms with Gasteiger partial charge in [-0.15, -0.1) is 0 Å². The van der Waals surface area contributed by atoms with E-state index in [0.29, 0.717) is 31.5 Å². The van der Waals surface area contributed by atoms with E-state index in [2.05, 4.69) is 4.72 Å². The van der Waals surface area contributed by atoms with Crippen molar-refractivity contribution >= 4 is 15.9 Å². The standard InChI is InChI=1S/C24H28F2N2O3S/c1-24(23(29)28-13-6-5-8-16(15-28)27-32(2,30)31)14-19(24)17-9-3-4-10-18(17)22-20(25)11-7-12-21(22)26/h3-4,7,9-12,16,19,27H,5-6,8,13-15H2,1-2H3. The number of hydrogen-bond acceptors (Lipinski definition) is 3. The summed E-state index contributed by atoms with van der Waals surface area (Å²) >= 11 is 0. The second-order valence-electron chi connectivity index (χ2n) is 9.19. The maximum absolute atomic E-state index is 14.5. The van der Waals surface area contributed by atoms with E-state index in [1.807, 2.05) is 19.1 Å². The summed E-state index contributed by atoms with van der Waals surface area (Å²) in [6.07, 6.45) is 4.05. The topological polar surface area (TPSA) is 66.5 Å². The van der Waals surface area contributed by atoms with E-state index in [1.54, 1.807) is 17.0 Å². The molecule has 1 saturated heterocycles. The van der Waals surface area contributed by atoms with Crippen LogP contribution in [0.25, 0.3) is 11.1 Å². The highest BCUT2D eigenvalue weighted by atomic mass is 32.2. The molecule has 4 rings (SSSR count). The molecule has 8 heteroatoms. The van der Waals surface area contributed by atoms with Crippen molar-refractivity contribution in [2.45, 2.75) is 44.6 Å². The van der Waals surface area contributed by atoms with Crippen molar-refractivity contribution in [3.05, 3.63) is 59.7 Å². The number of nitrogens with one attached hydrogen (secondary N) is 1. The highest BCUT2D eigenvalue weighted by Crippen LogP contribution is 2.61. The van der Waals surface area contributed by atoms with Crippen LogP contribution in [0.15, 0.2) is 42.5 Å². The largest absolute Gasteiger partial charge is 0.341 e. The fraction of sp³-hybridized carbons (Fsp3) is 0.458. The maximum Gasteiger partial charge on any atom is 0.229 e. The fourth-order valence-corrected chi connectivity index (χ4v) is 5.72. The average molecular weight is 463 g/mol. The van der Waals surface area contributed by atoms with E-state index in [0.717, 1.165) is 24.7 Å². The Bertz CT molecular complexity index is 1120. The lowest BCUT2D eigenvalue weighted by molar-refractivity contribution is -0.136. The predicted molar refractivity (Wildman–Crippen MR) is 119 cm³/mol. The lowest BCUT2D eigenvalue weighted by Crippen LogP contribution is -2.46. The summed E-state index contributed by atoms with van der Waals surface area (Å²) in [5, 5.41) is 0. The molecule has 0 aromatic heterocycles. The number of carbonyl (C=O) groups excluding carboxylic acids is 1. The van der Waals surface area contributed by atoms with Gasteiger partial charge in [-0.2, -0.15) is 0 Å². The molecule has 172 valence electrons. The van der Waals surface area contributed by atoms with Gasteiger partial charge >= 0.3 is 0 Å². The molecule has 3 unspecified atom stereocenters. The lowest BCUT2D eigenvalue weighted by atomic mass is 9.91. The summed E-state index contributed by atoms with van der Waals surface area (Å²) in [6.45, 7) is 2.79. The number of benzene rings is 2. The van der Waals surface area contributed by atoms with Crippen LogP contribution in [0.5, 0.6) is 0 Å². The first-order valence-electron chi connectivity index (χ1n) is 10.9. The van der Waals surface area contributed by atoms with Crippen molar-refractivity contribution in [3.8, 4) is 11.1 Å². The average Bonchev–Trinajstić information content (AvgIpc) is 3.45. The van der Waals surface area contributed by atoms with Gasteiger partial charge in [0.15, 0.2) is 0 Å². The minimum absolute atomic E-state index is 0.0338. The van der Waals surface area contributed by atoms with E-state index in [1.165, 1.54) is 18.2 Å². The Balaban J connectivity index is 1.59. The zero-order valence-corrected chi connectivity index (χ0v) is 19.1. The van der Waals surface area contributed by atoms with E-state index >= 15 is 0 Å². The minimum atomic E-state index is -3.37. The number of sulfonamides is 1. The van der Waals surface area contributed by atoms with Crippen LogP contribution in [0.2, 0.25) is 0 Å². The normalized spacial score (nSPS) is 25.9. The number of halogens is 2. The molecule has 2 aliphatic rings. The second kappa shape index (κ2) is 8.56. The summed E-state index contributed by atoms with van der Waals surface area (Å²) in [5.74, 6) is -1.45. The van der Waals surface area contributed by atoms with E-state index in [9.17, 15) is 22.0 Å². The van der Waals surface area contributed by atoms with Crippen molar-refractivity contribution in [2.75, 3.05) is 19.3 Å².